The van der Waals surface area contributed by atoms with Gasteiger partial charge in [0.25, 0.3) is 0 Å². The lowest BCUT2D eigenvalue weighted by atomic mass is 10.0. The molecule has 0 aromatic carbocycles. The topological polar surface area (TPSA) is 56.7 Å². The Morgan fingerprint density at radius 1 is 1.46 bits per heavy atom. The molecule has 0 aliphatic carbocycles. The Labute approximate surface area is 86.7 Å². The van der Waals surface area contributed by atoms with Gasteiger partial charge in [0.05, 0.1) is 0 Å². The van der Waals surface area contributed by atoms with Crippen molar-refractivity contribution in [3.05, 3.63) is 4.73 Å². The smallest absolute Gasteiger partial charge is 0.240 e. The van der Waals surface area contributed by atoms with Gasteiger partial charge in [0.15, 0.2) is 4.73 Å². The third-order valence-corrected chi connectivity index (χ3v) is 2.82. The summed E-state index contributed by atoms with van der Waals surface area (Å²) in [6.45, 7) is 5.25. The van der Waals surface area contributed by atoms with E-state index in [0.29, 0.717) is 11.9 Å². The van der Waals surface area contributed by atoms with Crippen LogP contribution in [0.25, 0.3) is 0 Å². The third-order valence-electron chi connectivity index (χ3n) is 2.23. The summed E-state index contributed by atoms with van der Waals surface area (Å²) in [6.07, 6.45) is 2.31. The number of nitrogens with two attached hydrogens (primary N) is 1. The van der Waals surface area contributed by atoms with Crippen molar-refractivity contribution < 1.29 is 0 Å². The number of nitrogen functional groups attached to an aromatic ring is 1. The van der Waals surface area contributed by atoms with Crippen LogP contribution in [0.2, 0.25) is 0 Å². The first-order chi connectivity index (χ1) is 6.17. The van der Waals surface area contributed by atoms with Gasteiger partial charge in [-0.05, 0) is 21.8 Å². The molecule has 0 amide bonds. The van der Waals surface area contributed by atoms with Crippen LogP contribution in [0.15, 0.2) is 4.73 Å². The number of aromatic nitrogens is 3. The van der Waals surface area contributed by atoms with Crippen LogP contribution < -0.4 is 5.73 Å². The third kappa shape index (κ3) is 2.69. The highest BCUT2D eigenvalue weighted by atomic mass is 79.9. The molecule has 0 unspecified atom stereocenters. The maximum absolute atomic E-state index is 5.47. The molecule has 0 aliphatic heterocycles. The minimum Gasteiger partial charge on any atom is -0.366 e. The van der Waals surface area contributed by atoms with Crippen LogP contribution in [0.1, 0.15) is 26.7 Å². The SMILES string of the molecule is CCC(CC)Cn1nc(N)nc1Br. The Balaban J connectivity index is 2.67. The number of hydrogen-bond acceptors (Lipinski definition) is 3. The first-order valence-corrected chi connectivity index (χ1v) is 5.32. The number of anilines is 1. The fourth-order valence-electron chi connectivity index (χ4n) is 1.25. The molecule has 74 valence electrons. The first kappa shape index (κ1) is 10.5. The Bertz CT molecular complexity index is 267. The zero-order chi connectivity index (χ0) is 9.84. The fraction of sp³-hybridized carbons (Fsp3) is 0.750. The molecule has 1 aromatic rings. The van der Waals surface area contributed by atoms with E-state index in [0.717, 1.165) is 24.1 Å². The van der Waals surface area contributed by atoms with Crippen LogP contribution in [0.5, 0.6) is 0 Å². The maximum Gasteiger partial charge on any atom is 0.240 e. The molecule has 1 aromatic heterocycles. The van der Waals surface area contributed by atoms with Crippen molar-refractivity contribution in [1.29, 1.82) is 0 Å². The van der Waals surface area contributed by atoms with Crippen LogP contribution in [0.4, 0.5) is 5.95 Å². The predicted molar refractivity (Wildman–Crippen MR) is 56.2 cm³/mol. The van der Waals surface area contributed by atoms with Crippen molar-refractivity contribution in [2.45, 2.75) is 33.2 Å². The Kier molecular flexibility index (Phi) is 3.71. The minimum absolute atomic E-state index is 0.331. The molecule has 0 bridgehead atoms. The van der Waals surface area contributed by atoms with Gasteiger partial charge >= 0.3 is 0 Å². The van der Waals surface area contributed by atoms with Gasteiger partial charge in [0.1, 0.15) is 0 Å². The summed E-state index contributed by atoms with van der Waals surface area (Å²) in [5.74, 6) is 0.982. The molecule has 0 atom stereocenters. The monoisotopic (exact) mass is 246 g/mol. The summed E-state index contributed by atoms with van der Waals surface area (Å²) < 4.78 is 2.53. The molecule has 4 nitrogen and oxygen atoms in total. The molecule has 1 rings (SSSR count). The van der Waals surface area contributed by atoms with E-state index < -0.39 is 0 Å². The largest absolute Gasteiger partial charge is 0.366 e. The first-order valence-electron chi connectivity index (χ1n) is 4.53. The summed E-state index contributed by atoms with van der Waals surface area (Å²) >= 11 is 3.31. The second-order valence-electron chi connectivity index (χ2n) is 3.10. The van der Waals surface area contributed by atoms with Crippen molar-refractivity contribution in [2.75, 3.05) is 5.73 Å². The molecule has 2 N–H and O–H groups in total. The number of hydrogen-bond donors (Lipinski definition) is 1. The number of rotatable bonds is 4. The maximum atomic E-state index is 5.47. The molecule has 0 fully saturated rings. The molecule has 0 radical (unpaired) electrons. The van der Waals surface area contributed by atoms with Gasteiger partial charge in [0, 0.05) is 6.54 Å². The highest BCUT2D eigenvalue weighted by molar-refractivity contribution is 9.10. The van der Waals surface area contributed by atoms with E-state index in [4.69, 9.17) is 5.73 Å². The molecule has 13 heavy (non-hydrogen) atoms. The molecule has 0 saturated carbocycles. The van der Waals surface area contributed by atoms with Crippen molar-refractivity contribution in [3.63, 3.8) is 0 Å². The predicted octanol–water partition coefficient (Wildman–Crippen LogP) is 2.06. The van der Waals surface area contributed by atoms with Crippen molar-refractivity contribution in [2.24, 2.45) is 5.92 Å². The minimum atomic E-state index is 0.331. The summed E-state index contributed by atoms with van der Waals surface area (Å²) in [7, 11) is 0. The zero-order valence-corrected chi connectivity index (χ0v) is 9.58. The van der Waals surface area contributed by atoms with Gasteiger partial charge < -0.3 is 5.73 Å². The normalized spacial score (nSPS) is 11.1. The lowest BCUT2D eigenvalue weighted by molar-refractivity contribution is 0.391. The molecule has 1 heterocycles. The zero-order valence-electron chi connectivity index (χ0n) is 8.00. The molecule has 0 aliphatic rings. The van der Waals surface area contributed by atoms with E-state index in [1.54, 1.807) is 0 Å². The van der Waals surface area contributed by atoms with E-state index in [1.807, 2.05) is 4.68 Å². The van der Waals surface area contributed by atoms with Crippen LogP contribution in [0.3, 0.4) is 0 Å². The van der Waals surface area contributed by atoms with Crippen molar-refractivity contribution >= 4 is 21.9 Å². The van der Waals surface area contributed by atoms with E-state index >= 15 is 0 Å². The van der Waals surface area contributed by atoms with E-state index in [-0.39, 0.29) is 0 Å². The Hall–Kier alpha value is -0.580. The quantitative estimate of drug-likeness (QED) is 0.885. The Morgan fingerprint density at radius 2 is 2.08 bits per heavy atom. The molecular formula is C8H15BrN4. The van der Waals surface area contributed by atoms with Crippen LogP contribution >= 0.6 is 15.9 Å². The van der Waals surface area contributed by atoms with E-state index in [9.17, 15) is 0 Å². The van der Waals surface area contributed by atoms with Gasteiger partial charge in [-0.3, -0.25) is 0 Å². The second-order valence-corrected chi connectivity index (χ2v) is 3.81. The Morgan fingerprint density at radius 3 is 2.46 bits per heavy atom. The molecule has 5 heteroatoms. The van der Waals surface area contributed by atoms with Crippen molar-refractivity contribution in [3.8, 4) is 0 Å². The summed E-state index contributed by atoms with van der Waals surface area (Å²) in [5, 5.41) is 4.08. The summed E-state index contributed by atoms with van der Waals surface area (Å²) in [6, 6.07) is 0. The van der Waals surface area contributed by atoms with Crippen LogP contribution in [-0.2, 0) is 6.54 Å². The van der Waals surface area contributed by atoms with Gasteiger partial charge in [-0.25, -0.2) is 4.68 Å². The fourth-order valence-corrected chi connectivity index (χ4v) is 1.65. The number of nitrogens with zero attached hydrogens (tertiary/aromatic N) is 3. The van der Waals surface area contributed by atoms with Crippen molar-refractivity contribution in [1.82, 2.24) is 14.8 Å². The second kappa shape index (κ2) is 4.60. The molecular weight excluding hydrogens is 232 g/mol. The molecule has 0 saturated heterocycles. The summed E-state index contributed by atoms with van der Waals surface area (Å²) in [4.78, 5) is 3.98. The summed E-state index contributed by atoms with van der Waals surface area (Å²) in [5.41, 5.74) is 5.47. The lowest BCUT2D eigenvalue weighted by Crippen LogP contribution is -2.11. The van der Waals surface area contributed by atoms with Crippen LogP contribution in [0, 0.1) is 5.92 Å². The standard InChI is InChI=1S/C8H15BrN4/c1-3-6(4-2)5-13-7(9)11-8(10)12-13/h6H,3-5H2,1-2H3,(H2,10,12). The average Bonchev–Trinajstić information content (AvgIpc) is 2.41. The highest BCUT2D eigenvalue weighted by Crippen LogP contribution is 2.14. The van der Waals surface area contributed by atoms with E-state index in [1.165, 1.54) is 0 Å². The number of halogens is 1. The van der Waals surface area contributed by atoms with E-state index in [2.05, 4.69) is 39.9 Å². The van der Waals surface area contributed by atoms with Crippen LogP contribution in [-0.4, -0.2) is 14.8 Å². The van der Waals surface area contributed by atoms with Gasteiger partial charge in [-0.2, -0.15) is 4.98 Å². The molecule has 0 spiro atoms. The van der Waals surface area contributed by atoms with Gasteiger partial charge in [-0.1, -0.05) is 26.7 Å². The van der Waals surface area contributed by atoms with Gasteiger partial charge in [0.2, 0.25) is 5.95 Å². The lowest BCUT2D eigenvalue weighted by Gasteiger charge is -2.11. The average molecular weight is 247 g/mol. The van der Waals surface area contributed by atoms with Gasteiger partial charge in [-0.15, -0.1) is 5.10 Å². The highest BCUT2D eigenvalue weighted by Gasteiger charge is 2.09.